The Morgan fingerprint density at radius 3 is 2.40 bits per heavy atom. The maximum atomic E-state index is 12.1. The van der Waals surface area contributed by atoms with Crippen molar-refractivity contribution in [2.75, 3.05) is 24.3 Å². The summed E-state index contributed by atoms with van der Waals surface area (Å²) < 4.78 is 0. The number of benzene rings is 2. The van der Waals surface area contributed by atoms with E-state index >= 15 is 0 Å². The fourth-order valence-electron chi connectivity index (χ4n) is 2.50. The number of carbonyl (C=O) groups is 1. The van der Waals surface area contributed by atoms with Crippen molar-refractivity contribution in [1.29, 1.82) is 0 Å². The fraction of sp³-hybridized carbons (Fsp3) is 0.200. The molecule has 3 rings (SSSR count). The van der Waals surface area contributed by atoms with Gasteiger partial charge in [0.2, 0.25) is 5.91 Å². The van der Waals surface area contributed by atoms with Gasteiger partial charge < -0.3 is 10.2 Å². The zero-order valence-electron chi connectivity index (χ0n) is 14.4. The van der Waals surface area contributed by atoms with Gasteiger partial charge in [0, 0.05) is 49.0 Å². The molecule has 25 heavy (non-hydrogen) atoms. The van der Waals surface area contributed by atoms with Gasteiger partial charge in [-0.25, -0.2) is 4.98 Å². The number of aromatic nitrogens is 1. The number of nitrogens with one attached hydrogen (secondary N) is 1. The molecule has 0 spiro atoms. The molecule has 0 aliphatic rings. The van der Waals surface area contributed by atoms with Gasteiger partial charge in [-0.15, -0.1) is 11.3 Å². The highest BCUT2D eigenvalue weighted by atomic mass is 32.1. The third kappa shape index (κ3) is 4.67. The molecule has 3 aromatic rings. The smallest absolute Gasteiger partial charge is 0.224 e. The van der Waals surface area contributed by atoms with Gasteiger partial charge >= 0.3 is 0 Å². The van der Waals surface area contributed by atoms with Crippen molar-refractivity contribution in [3.8, 4) is 10.6 Å². The highest BCUT2D eigenvalue weighted by Gasteiger charge is 2.05. The van der Waals surface area contributed by atoms with E-state index in [1.54, 1.807) is 17.5 Å². The standard InChI is InChI=1S/C20H21N3OS/c1-23(2)18-10-3-15(4-11-18)5-12-19(24)22-17-8-6-16(7-9-17)20-21-13-14-25-20/h3-4,6-11,13-14H,5,12H2,1-2H3,(H,22,24). The van der Waals surface area contributed by atoms with Crippen LogP contribution in [0.25, 0.3) is 10.6 Å². The second-order valence-corrected chi connectivity index (χ2v) is 6.92. The molecule has 2 aromatic carbocycles. The topological polar surface area (TPSA) is 45.2 Å². The minimum Gasteiger partial charge on any atom is -0.378 e. The minimum absolute atomic E-state index is 0.0266. The van der Waals surface area contributed by atoms with Crippen LogP contribution in [0.5, 0.6) is 0 Å². The molecular weight excluding hydrogens is 330 g/mol. The van der Waals surface area contributed by atoms with Crippen LogP contribution in [0.2, 0.25) is 0 Å². The van der Waals surface area contributed by atoms with E-state index in [0.717, 1.165) is 28.4 Å². The van der Waals surface area contributed by atoms with Crippen LogP contribution >= 0.6 is 11.3 Å². The van der Waals surface area contributed by atoms with E-state index in [9.17, 15) is 4.79 Å². The Morgan fingerprint density at radius 1 is 1.08 bits per heavy atom. The Kier molecular flexibility index (Phi) is 5.46. The monoisotopic (exact) mass is 351 g/mol. The summed E-state index contributed by atoms with van der Waals surface area (Å²) in [6.07, 6.45) is 2.99. The lowest BCUT2D eigenvalue weighted by molar-refractivity contribution is -0.116. The third-order valence-corrected chi connectivity index (χ3v) is 4.76. The molecule has 4 nitrogen and oxygen atoms in total. The molecule has 0 aliphatic heterocycles. The van der Waals surface area contributed by atoms with Gasteiger partial charge in [0.25, 0.3) is 0 Å². The first-order valence-corrected chi connectivity index (χ1v) is 9.06. The number of aryl methyl sites for hydroxylation is 1. The molecule has 1 N–H and O–H groups in total. The first-order valence-electron chi connectivity index (χ1n) is 8.18. The molecule has 0 aliphatic carbocycles. The number of hydrogen-bond donors (Lipinski definition) is 1. The maximum absolute atomic E-state index is 12.1. The molecule has 0 saturated carbocycles. The van der Waals surface area contributed by atoms with Crippen LogP contribution in [0.4, 0.5) is 11.4 Å². The van der Waals surface area contributed by atoms with Crippen molar-refractivity contribution in [3.63, 3.8) is 0 Å². The average molecular weight is 351 g/mol. The predicted molar refractivity (Wildman–Crippen MR) is 105 cm³/mol. The number of nitrogens with zero attached hydrogens (tertiary/aromatic N) is 2. The maximum Gasteiger partial charge on any atom is 0.224 e. The Morgan fingerprint density at radius 2 is 1.80 bits per heavy atom. The summed E-state index contributed by atoms with van der Waals surface area (Å²) in [5.74, 6) is 0.0266. The molecule has 1 amide bonds. The lowest BCUT2D eigenvalue weighted by atomic mass is 10.1. The Bertz CT molecular complexity index is 809. The van der Waals surface area contributed by atoms with Gasteiger partial charge in [0.1, 0.15) is 5.01 Å². The van der Waals surface area contributed by atoms with Crippen molar-refractivity contribution < 1.29 is 4.79 Å². The summed E-state index contributed by atoms with van der Waals surface area (Å²) in [4.78, 5) is 18.5. The number of carbonyl (C=O) groups excluding carboxylic acids is 1. The van der Waals surface area contributed by atoms with Crippen LogP contribution in [0.1, 0.15) is 12.0 Å². The van der Waals surface area contributed by atoms with Crippen molar-refractivity contribution >= 4 is 28.6 Å². The third-order valence-electron chi connectivity index (χ3n) is 3.94. The predicted octanol–water partition coefficient (Wildman–Crippen LogP) is 4.45. The van der Waals surface area contributed by atoms with Gasteiger partial charge in [-0.1, -0.05) is 12.1 Å². The number of rotatable bonds is 6. The van der Waals surface area contributed by atoms with Crippen LogP contribution in [-0.4, -0.2) is 25.0 Å². The lowest BCUT2D eigenvalue weighted by Crippen LogP contribution is -2.12. The van der Waals surface area contributed by atoms with Gasteiger partial charge in [-0.2, -0.15) is 0 Å². The molecule has 0 radical (unpaired) electrons. The van der Waals surface area contributed by atoms with E-state index in [0.29, 0.717) is 6.42 Å². The summed E-state index contributed by atoms with van der Waals surface area (Å²) in [6.45, 7) is 0. The van der Waals surface area contributed by atoms with Crippen molar-refractivity contribution in [1.82, 2.24) is 4.98 Å². The van der Waals surface area contributed by atoms with Crippen LogP contribution in [-0.2, 0) is 11.2 Å². The van der Waals surface area contributed by atoms with E-state index < -0.39 is 0 Å². The lowest BCUT2D eigenvalue weighted by Gasteiger charge is -2.12. The van der Waals surface area contributed by atoms with E-state index in [1.165, 1.54) is 5.56 Å². The average Bonchev–Trinajstić information content (AvgIpc) is 3.15. The number of amides is 1. The Hall–Kier alpha value is -2.66. The molecule has 1 heterocycles. The summed E-state index contributed by atoms with van der Waals surface area (Å²) >= 11 is 1.60. The number of hydrogen-bond acceptors (Lipinski definition) is 4. The van der Waals surface area contributed by atoms with Crippen LogP contribution in [0.15, 0.2) is 60.1 Å². The molecule has 128 valence electrons. The Labute approximate surface area is 152 Å². The molecule has 0 atom stereocenters. The van der Waals surface area contributed by atoms with Crippen LogP contribution in [0, 0.1) is 0 Å². The number of anilines is 2. The van der Waals surface area contributed by atoms with E-state index in [4.69, 9.17) is 0 Å². The highest BCUT2D eigenvalue weighted by Crippen LogP contribution is 2.23. The second-order valence-electron chi connectivity index (χ2n) is 6.02. The normalized spacial score (nSPS) is 10.5. The van der Waals surface area contributed by atoms with E-state index in [1.807, 2.05) is 43.7 Å². The van der Waals surface area contributed by atoms with Gasteiger partial charge in [0.15, 0.2) is 0 Å². The highest BCUT2D eigenvalue weighted by molar-refractivity contribution is 7.13. The van der Waals surface area contributed by atoms with Crippen LogP contribution in [0.3, 0.4) is 0 Å². The minimum atomic E-state index is 0.0266. The summed E-state index contributed by atoms with van der Waals surface area (Å²) in [5.41, 5.74) is 4.20. The van der Waals surface area contributed by atoms with Gasteiger partial charge in [-0.3, -0.25) is 4.79 Å². The van der Waals surface area contributed by atoms with E-state index in [2.05, 4.69) is 39.5 Å². The van der Waals surface area contributed by atoms with Gasteiger partial charge in [0.05, 0.1) is 0 Å². The summed E-state index contributed by atoms with van der Waals surface area (Å²) in [7, 11) is 4.03. The molecular formula is C20H21N3OS. The zero-order valence-corrected chi connectivity index (χ0v) is 15.2. The molecule has 5 heteroatoms. The Balaban J connectivity index is 1.52. The molecule has 0 bridgehead atoms. The summed E-state index contributed by atoms with van der Waals surface area (Å²) in [6, 6.07) is 16.1. The van der Waals surface area contributed by atoms with Crippen molar-refractivity contribution in [2.45, 2.75) is 12.8 Å². The van der Waals surface area contributed by atoms with Crippen LogP contribution < -0.4 is 10.2 Å². The van der Waals surface area contributed by atoms with Crippen molar-refractivity contribution in [3.05, 3.63) is 65.7 Å². The zero-order chi connectivity index (χ0) is 17.6. The molecule has 0 fully saturated rings. The van der Waals surface area contributed by atoms with Gasteiger partial charge in [-0.05, 0) is 48.4 Å². The van der Waals surface area contributed by atoms with E-state index in [-0.39, 0.29) is 5.91 Å². The molecule has 1 aromatic heterocycles. The first kappa shape index (κ1) is 17.2. The SMILES string of the molecule is CN(C)c1ccc(CCC(=O)Nc2ccc(-c3nccs3)cc2)cc1. The first-order chi connectivity index (χ1) is 12.1. The number of thiazole rings is 1. The molecule has 0 unspecified atom stereocenters. The summed E-state index contributed by atoms with van der Waals surface area (Å²) in [5, 5.41) is 5.89. The quantitative estimate of drug-likeness (QED) is 0.714. The fourth-order valence-corrected chi connectivity index (χ4v) is 3.15. The molecule has 0 saturated heterocycles. The van der Waals surface area contributed by atoms with Crippen molar-refractivity contribution in [2.24, 2.45) is 0 Å². The largest absolute Gasteiger partial charge is 0.378 e. The second kappa shape index (κ2) is 7.94.